The van der Waals surface area contributed by atoms with E-state index in [1.807, 2.05) is 0 Å². The van der Waals surface area contributed by atoms with Crippen LogP contribution in [0, 0.1) is 0 Å². The molecule has 0 spiro atoms. The van der Waals surface area contributed by atoms with Crippen molar-refractivity contribution in [2.45, 2.75) is 0 Å². The van der Waals surface area contributed by atoms with E-state index in [0.717, 1.165) is 183 Å². The molecule has 9 heteroatoms. The van der Waals surface area contributed by atoms with Crippen LogP contribution in [0.2, 0.25) is 0 Å². The Morgan fingerprint density at radius 1 is 0.127 bits per heavy atom. The Bertz CT molecular complexity index is 8060. The molecule has 0 aliphatic rings. The van der Waals surface area contributed by atoms with Crippen molar-refractivity contribution in [3.8, 4) is 113 Å². The quantitative estimate of drug-likeness (QED) is 0.116. The minimum atomic E-state index is 0.457. The normalized spacial score (nSPS) is 12.0. The van der Waals surface area contributed by atoms with Crippen molar-refractivity contribution >= 4 is 131 Å². The summed E-state index contributed by atoms with van der Waals surface area (Å²) in [5.74, 6) is 1.43. The SMILES string of the molecule is c1ccc(-c2ccc(-c3ccccc3)c(-c3nc(-n4c5cc(-c6ccc7c(c6)c6ccccc6n7-c6ccccc6)ccc5c5ccc(-c6ccc7c(c6)c6ccccc6n7-c6ccccc6)cc54)nc(-n4c5cc(-c6ccc7c(c6)c6ccccc6n7-c6ccccc6)ccc5c5ccc(-c6ccc7c(c6)c6ccccc6n7-c6ccccc6)cc54)n3)c2)cc1. The summed E-state index contributed by atoms with van der Waals surface area (Å²) < 4.78 is 14.2. The van der Waals surface area contributed by atoms with Crippen LogP contribution in [0.3, 0.4) is 0 Å². The lowest BCUT2D eigenvalue weighted by atomic mass is 9.94. The molecule has 26 aromatic rings. The molecule has 126 heavy (non-hydrogen) atoms. The average molecular weight is 1600 g/mol. The molecule has 7 aromatic heterocycles. The second-order valence-electron chi connectivity index (χ2n) is 33.0. The van der Waals surface area contributed by atoms with Crippen LogP contribution in [0.5, 0.6) is 0 Å². The summed E-state index contributed by atoms with van der Waals surface area (Å²) in [6.45, 7) is 0. The van der Waals surface area contributed by atoms with Crippen molar-refractivity contribution in [1.82, 2.24) is 42.4 Å². The van der Waals surface area contributed by atoms with Crippen LogP contribution in [0.25, 0.3) is 244 Å². The molecule has 0 unspecified atom stereocenters. The second-order valence-corrected chi connectivity index (χ2v) is 33.0. The molecule has 19 aromatic carbocycles. The lowest BCUT2D eigenvalue weighted by Gasteiger charge is -2.16. The first-order valence-electron chi connectivity index (χ1n) is 43.0. The number of hydrogen-bond acceptors (Lipinski definition) is 3. The number of aromatic nitrogens is 9. The van der Waals surface area contributed by atoms with Gasteiger partial charge in [0.15, 0.2) is 5.82 Å². The van der Waals surface area contributed by atoms with Gasteiger partial charge in [-0.25, -0.2) is 0 Å². The molecule has 9 nitrogen and oxygen atoms in total. The van der Waals surface area contributed by atoms with Crippen molar-refractivity contribution < 1.29 is 0 Å². The molecule has 0 aliphatic heterocycles. The topological polar surface area (TPSA) is 68.2 Å². The first-order valence-corrected chi connectivity index (χ1v) is 43.0. The summed E-state index contributed by atoms with van der Waals surface area (Å²) in [5, 5.41) is 13.7. The van der Waals surface area contributed by atoms with Gasteiger partial charge in [-0.1, -0.05) is 291 Å². The van der Waals surface area contributed by atoms with Gasteiger partial charge < -0.3 is 18.3 Å². The molecule has 0 fully saturated rings. The Morgan fingerprint density at radius 2 is 0.357 bits per heavy atom. The zero-order valence-corrected chi connectivity index (χ0v) is 68.2. The van der Waals surface area contributed by atoms with Crippen LogP contribution < -0.4 is 0 Å². The van der Waals surface area contributed by atoms with Crippen LogP contribution >= 0.6 is 0 Å². The maximum atomic E-state index is 6.16. The molecular formula is C117H73N9. The standard InChI is InChI=1S/C117H73N9/c1-7-27-74(28-8-1)76-47-56-89(75-29-9-2-10-30-75)102(69-76)115-118-116(125-111-70-81(77-52-61-107-98(65-77)90-39-19-23-43-103(90)121(107)85-31-11-3-12-32-85)48-57-94(111)95-58-49-82(71-112(95)125)78-53-62-108-99(66-78)91-40-20-24-44-104(91)122(108)86-33-13-4-14-34-86)120-117(119-115)126-113-72-83(79-54-63-109-100(67-79)92-41-21-25-45-105(92)123(109)87-35-15-5-16-36-87)50-59-96(113)97-60-51-84(73-114(97)126)80-55-64-110-101(68-80)93-42-22-26-46-106(93)124(110)88-37-17-6-18-38-88/h1-73H. The summed E-state index contributed by atoms with van der Waals surface area (Å²) in [7, 11) is 0. The summed E-state index contributed by atoms with van der Waals surface area (Å²) in [4.78, 5) is 18.3. The van der Waals surface area contributed by atoms with Gasteiger partial charge in [-0.2, -0.15) is 15.0 Å². The Labute approximate surface area is 724 Å². The predicted octanol–water partition coefficient (Wildman–Crippen LogP) is 30.1. The van der Waals surface area contributed by atoms with Gasteiger partial charge in [0.05, 0.1) is 66.2 Å². The number of hydrogen-bond donors (Lipinski definition) is 0. The monoisotopic (exact) mass is 1600 g/mol. The van der Waals surface area contributed by atoms with Gasteiger partial charge in [-0.3, -0.25) is 9.13 Å². The first kappa shape index (κ1) is 70.8. The Morgan fingerprint density at radius 3 is 0.667 bits per heavy atom. The third kappa shape index (κ3) is 11.2. The highest BCUT2D eigenvalue weighted by molar-refractivity contribution is 6.18. The highest BCUT2D eigenvalue weighted by Crippen LogP contribution is 2.47. The molecule has 26 rings (SSSR count). The second kappa shape index (κ2) is 28.3. The highest BCUT2D eigenvalue weighted by atomic mass is 15.3. The van der Waals surface area contributed by atoms with E-state index < -0.39 is 0 Å². The highest BCUT2D eigenvalue weighted by Gasteiger charge is 2.27. The molecule has 0 N–H and O–H groups in total. The van der Waals surface area contributed by atoms with E-state index in [9.17, 15) is 0 Å². The van der Waals surface area contributed by atoms with Gasteiger partial charge in [0.1, 0.15) is 0 Å². The van der Waals surface area contributed by atoms with Gasteiger partial charge >= 0.3 is 0 Å². The predicted molar refractivity (Wildman–Crippen MR) is 524 cm³/mol. The van der Waals surface area contributed by atoms with Crippen molar-refractivity contribution in [1.29, 1.82) is 0 Å². The Balaban J connectivity index is 0.760. The minimum Gasteiger partial charge on any atom is -0.309 e. The van der Waals surface area contributed by atoms with Gasteiger partial charge in [0.2, 0.25) is 11.9 Å². The lowest BCUT2D eigenvalue weighted by molar-refractivity contribution is 0.893. The molecule has 0 amide bonds. The van der Waals surface area contributed by atoms with E-state index in [0.29, 0.717) is 17.7 Å². The summed E-state index contributed by atoms with van der Waals surface area (Å²) in [5.41, 5.74) is 30.9. The molecular weight excluding hydrogens is 1530 g/mol. The van der Waals surface area contributed by atoms with Gasteiger partial charge in [-0.15, -0.1) is 0 Å². The van der Waals surface area contributed by atoms with Crippen molar-refractivity contribution in [3.05, 3.63) is 443 Å². The first-order chi connectivity index (χ1) is 62.5. The van der Waals surface area contributed by atoms with Crippen LogP contribution in [0.1, 0.15) is 0 Å². The summed E-state index contributed by atoms with van der Waals surface area (Å²) in [6, 6.07) is 162. The van der Waals surface area contributed by atoms with E-state index in [2.05, 4.69) is 470 Å². The third-order valence-electron chi connectivity index (χ3n) is 26.1. The minimum absolute atomic E-state index is 0.457. The van der Waals surface area contributed by atoms with Crippen LogP contribution in [0.15, 0.2) is 443 Å². The molecule has 0 saturated carbocycles. The largest absolute Gasteiger partial charge is 0.309 e. The number of rotatable bonds is 13. The van der Waals surface area contributed by atoms with E-state index in [-0.39, 0.29) is 0 Å². The van der Waals surface area contributed by atoms with Gasteiger partial charge in [0, 0.05) is 92.9 Å². The lowest BCUT2D eigenvalue weighted by Crippen LogP contribution is -2.11. The van der Waals surface area contributed by atoms with Gasteiger partial charge in [0.25, 0.3) is 0 Å². The number of benzene rings is 19. The Hall–Kier alpha value is -17.0. The molecule has 7 heterocycles. The molecule has 0 bridgehead atoms. The number of fused-ring (bicyclic) bond motifs is 18. The van der Waals surface area contributed by atoms with Crippen molar-refractivity contribution in [2.24, 2.45) is 0 Å². The van der Waals surface area contributed by atoms with Crippen molar-refractivity contribution in [2.75, 3.05) is 0 Å². The molecule has 0 aliphatic carbocycles. The number of nitrogens with zero attached hydrogens (tertiary/aromatic N) is 9. The third-order valence-corrected chi connectivity index (χ3v) is 26.1. The fourth-order valence-corrected chi connectivity index (χ4v) is 20.3. The van der Waals surface area contributed by atoms with E-state index in [1.54, 1.807) is 0 Å². The van der Waals surface area contributed by atoms with E-state index in [4.69, 9.17) is 15.0 Å². The van der Waals surface area contributed by atoms with E-state index in [1.165, 1.54) is 43.1 Å². The molecule has 0 radical (unpaired) electrons. The van der Waals surface area contributed by atoms with Crippen LogP contribution in [-0.4, -0.2) is 42.4 Å². The maximum absolute atomic E-state index is 6.16. The summed E-state index contributed by atoms with van der Waals surface area (Å²) in [6.07, 6.45) is 0. The molecule has 0 saturated heterocycles. The summed E-state index contributed by atoms with van der Waals surface area (Å²) >= 11 is 0. The molecule has 586 valence electrons. The average Bonchev–Trinajstić information content (AvgIpc) is 1.55. The fourth-order valence-electron chi connectivity index (χ4n) is 20.3. The van der Waals surface area contributed by atoms with Crippen LogP contribution in [-0.2, 0) is 0 Å². The maximum Gasteiger partial charge on any atom is 0.240 e. The van der Waals surface area contributed by atoms with Crippen molar-refractivity contribution in [3.63, 3.8) is 0 Å². The Kier molecular flexibility index (Phi) is 15.9. The van der Waals surface area contributed by atoms with Gasteiger partial charge in [-0.05, 0) is 218 Å². The fraction of sp³-hybridized carbons (Fsp3) is 0. The van der Waals surface area contributed by atoms with E-state index >= 15 is 0 Å². The smallest absolute Gasteiger partial charge is 0.240 e. The molecule has 0 atom stereocenters. The van der Waals surface area contributed by atoms with Crippen LogP contribution in [0.4, 0.5) is 0 Å². The zero-order chi connectivity index (χ0) is 82.6. The number of para-hydroxylation sites is 8. The zero-order valence-electron chi connectivity index (χ0n) is 68.2.